The zero-order chi connectivity index (χ0) is 23.1. The molecule has 10 nitrogen and oxygen atoms in total. The van der Waals surface area contributed by atoms with Gasteiger partial charge in [0, 0.05) is 24.7 Å². The molecule has 0 atom stereocenters. The van der Waals surface area contributed by atoms with Crippen molar-refractivity contribution in [1.82, 2.24) is 14.4 Å². The lowest BCUT2D eigenvalue weighted by Crippen LogP contribution is -2.14. The summed E-state index contributed by atoms with van der Waals surface area (Å²) in [6, 6.07) is 10.2. The first kappa shape index (κ1) is 24.4. The van der Waals surface area contributed by atoms with Gasteiger partial charge in [0.25, 0.3) is 26.0 Å². The average molecular weight is 486 g/mol. The van der Waals surface area contributed by atoms with Crippen LogP contribution in [0.25, 0.3) is 16.6 Å². The fourth-order valence-corrected chi connectivity index (χ4v) is 4.65. The van der Waals surface area contributed by atoms with Crippen LogP contribution in [0.2, 0.25) is 0 Å². The summed E-state index contributed by atoms with van der Waals surface area (Å²) in [6.45, 7) is 1.37. The Morgan fingerprint density at radius 3 is 2.48 bits per heavy atom. The van der Waals surface area contributed by atoms with E-state index in [2.05, 4.69) is 4.98 Å². The van der Waals surface area contributed by atoms with Crippen molar-refractivity contribution in [3.8, 4) is 10.6 Å². The summed E-state index contributed by atoms with van der Waals surface area (Å²) in [5.74, 6) is -0.902. The molecule has 0 bridgehead atoms. The molecule has 0 spiro atoms. The number of hydrogen-bond acceptors (Lipinski definition) is 8. The van der Waals surface area contributed by atoms with Crippen molar-refractivity contribution in [2.24, 2.45) is 0 Å². The molecule has 0 aliphatic carbocycles. The lowest BCUT2D eigenvalue weighted by Gasteiger charge is -2.02. The maximum atomic E-state index is 12.7. The molecule has 0 saturated heterocycles. The van der Waals surface area contributed by atoms with Gasteiger partial charge in [0.1, 0.15) is 4.21 Å². The molecule has 0 aliphatic heterocycles. The molecule has 3 N–H and O–H groups in total. The lowest BCUT2D eigenvalue weighted by molar-refractivity contribution is -0.124. The summed E-state index contributed by atoms with van der Waals surface area (Å²) in [6.07, 6.45) is 6.92. The van der Waals surface area contributed by atoms with Crippen LogP contribution in [0.5, 0.6) is 0 Å². The van der Waals surface area contributed by atoms with Gasteiger partial charge in [0.15, 0.2) is 0 Å². The molecule has 0 unspecified atom stereocenters. The van der Waals surface area contributed by atoms with Gasteiger partial charge in [0.05, 0.1) is 16.3 Å². The Morgan fingerprint density at radius 2 is 1.90 bits per heavy atom. The second-order valence-electron chi connectivity index (χ2n) is 5.79. The third-order valence-electron chi connectivity index (χ3n) is 3.62. The standard InChI is InChI=1S/C16H13N3O4S2.C2H6O3S/c20-15(18-21)6-4-12-8-10-19(11-12)25(22,23)16-7-5-14(24-16)13-3-1-2-9-17-13;1-2-6(3,4)5/h1-11,21H,(H,18,20);2H2,1H3,(H,3,4,5)/b6-4+;. The predicted octanol–water partition coefficient (Wildman–Crippen LogP) is 2.26. The van der Waals surface area contributed by atoms with Gasteiger partial charge >= 0.3 is 0 Å². The molecule has 1 amide bonds. The largest absolute Gasteiger partial charge is 0.288 e. The van der Waals surface area contributed by atoms with Crippen molar-refractivity contribution >= 4 is 43.5 Å². The number of nitrogens with zero attached hydrogens (tertiary/aromatic N) is 2. The highest BCUT2D eigenvalue weighted by Crippen LogP contribution is 2.30. The molecule has 31 heavy (non-hydrogen) atoms. The number of pyridine rings is 1. The Balaban J connectivity index is 0.000000501. The van der Waals surface area contributed by atoms with Crippen LogP contribution in [0.3, 0.4) is 0 Å². The third kappa shape index (κ3) is 7.11. The summed E-state index contributed by atoms with van der Waals surface area (Å²) < 4.78 is 53.6. The molecular formula is C18H19N3O7S3. The van der Waals surface area contributed by atoms with Crippen LogP contribution in [-0.4, -0.2) is 47.2 Å². The normalized spacial score (nSPS) is 11.7. The van der Waals surface area contributed by atoms with E-state index in [1.165, 1.54) is 30.9 Å². The highest BCUT2D eigenvalue weighted by molar-refractivity contribution is 7.92. The number of carbonyl (C=O) groups is 1. The molecule has 166 valence electrons. The topological polar surface area (TPSA) is 156 Å². The first-order chi connectivity index (χ1) is 14.6. The smallest absolute Gasteiger partial charge is 0.277 e. The van der Waals surface area contributed by atoms with Crippen LogP contribution in [0.4, 0.5) is 0 Å². The Hall–Kier alpha value is -2.84. The molecule has 3 rings (SSSR count). The fourth-order valence-electron chi connectivity index (χ4n) is 2.06. The van der Waals surface area contributed by atoms with Crippen LogP contribution >= 0.6 is 11.3 Å². The summed E-state index contributed by atoms with van der Waals surface area (Å²) in [5.41, 5.74) is 2.68. The van der Waals surface area contributed by atoms with E-state index in [0.29, 0.717) is 11.3 Å². The molecule has 3 aromatic heterocycles. The number of aromatic nitrogens is 2. The molecule has 13 heteroatoms. The van der Waals surface area contributed by atoms with E-state index in [-0.39, 0.29) is 9.96 Å². The van der Waals surface area contributed by atoms with Crippen LogP contribution in [0.1, 0.15) is 12.5 Å². The Bertz CT molecular complexity index is 1260. The zero-order valence-corrected chi connectivity index (χ0v) is 18.6. The molecule has 0 radical (unpaired) electrons. The van der Waals surface area contributed by atoms with Gasteiger partial charge in [-0.1, -0.05) is 6.07 Å². The first-order valence-electron chi connectivity index (χ1n) is 8.59. The van der Waals surface area contributed by atoms with Crippen LogP contribution in [0, 0.1) is 0 Å². The third-order valence-corrected chi connectivity index (χ3v) is 7.56. The van der Waals surface area contributed by atoms with E-state index in [0.717, 1.165) is 26.3 Å². The van der Waals surface area contributed by atoms with Gasteiger partial charge in [-0.25, -0.2) is 9.45 Å². The van der Waals surface area contributed by atoms with Crippen LogP contribution < -0.4 is 5.48 Å². The van der Waals surface area contributed by atoms with Gasteiger partial charge in [0.2, 0.25) is 0 Å². The maximum Gasteiger partial charge on any atom is 0.277 e. The molecule has 0 saturated carbocycles. The number of rotatable bonds is 6. The van der Waals surface area contributed by atoms with Gasteiger partial charge in [-0.15, -0.1) is 11.3 Å². The summed E-state index contributed by atoms with van der Waals surface area (Å²) in [7, 11) is -7.39. The van der Waals surface area contributed by atoms with Crippen molar-refractivity contribution in [3.05, 3.63) is 66.6 Å². The number of nitrogens with one attached hydrogen (secondary N) is 1. The van der Waals surface area contributed by atoms with E-state index in [9.17, 15) is 21.6 Å². The van der Waals surface area contributed by atoms with Crippen LogP contribution in [-0.2, 0) is 24.9 Å². The van der Waals surface area contributed by atoms with Gasteiger partial charge in [-0.05, 0) is 48.9 Å². The summed E-state index contributed by atoms with van der Waals surface area (Å²) in [5, 5.41) is 8.44. The number of amides is 1. The average Bonchev–Trinajstić information content (AvgIpc) is 3.43. The van der Waals surface area contributed by atoms with Gasteiger partial charge < -0.3 is 0 Å². The minimum Gasteiger partial charge on any atom is -0.288 e. The van der Waals surface area contributed by atoms with E-state index in [4.69, 9.17) is 9.76 Å². The highest BCUT2D eigenvalue weighted by Gasteiger charge is 2.19. The van der Waals surface area contributed by atoms with E-state index in [1.54, 1.807) is 30.5 Å². The van der Waals surface area contributed by atoms with Crippen molar-refractivity contribution in [2.75, 3.05) is 5.75 Å². The number of carbonyl (C=O) groups excluding carboxylic acids is 1. The van der Waals surface area contributed by atoms with Gasteiger partial charge in [-0.2, -0.15) is 16.8 Å². The monoisotopic (exact) mass is 485 g/mol. The second-order valence-corrected chi connectivity index (χ2v) is 10.7. The van der Waals surface area contributed by atoms with Gasteiger partial charge in [-0.3, -0.25) is 19.5 Å². The number of thiophene rings is 1. The van der Waals surface area contributed by atoms with Crippen molar-refractivity contribution in [2.45, 2.75) is 11.1 Å². The molecule has 3 aromatic rings. The summed E-state index contributed by atoms with van der Waals surface area (Å²) >= 11 is 1.13. The molecular weight excluding hydrogens is 466 g/mol. The van der Waals surface area contributed by atoms with E-state index in [1.807, 2.05) is 12.1 Å². The first-order valence-corrected chi connectivity index (χ1v) is 12.5. The lowest BCUT2D eigenvalue weighted by atomic mass is 10.3. The second kappa shape index (κ2) is 10.5. The van der Waals surface area contributed by atoms with Crippen molar-refractivity contribution < 1.29 is 31.4 Å². The zero-order valence-electron chi connectivity index (χ0n) is 16.1. The van der Waals surface area contributed by atoms with E-state index < -0.39 is 26.0 Å². The minimum atomic E-state index is -3.73. The van der Waals surface area contributed by atoms with E-state index >= 15 is 0 Å². The van der Waals surface area contributed by atoms with Crippen molar-refractivity contribution in [1.29, 1.82) is 0 Å². The fraction of sp³-hybridized carbons (Fsp3) is 0.111. The predicted molar refractivity (Wildman–Crippen MR) is 116 cm³/mol. The molecule has 0 aromatic carbocycles. The summed E-state index contributed by atoms with van der Waals surface area (Å²) in [4.78, 5) is 15.9. The van der Waals surface area contributed by atoms with Crippen LogP contribution in [0.15, 0.2) is 65.3 Å². The highest BCUT2D eigenvalue weighted by atomic mass is 32.2. The Labute approximate surface area is 183 Å². The number of hydroxylamine groups is 1. The molecule has 0 fully saturated rings. The maximum absolute atomic E-state index is 12.7. The Kier molecular flexibility index (Phi) is 8.24. The molecule has 0 aliphatic rings. The molecule has 3 heterocycles. The Morgan fingerprint density at radius 1 is 1.19 bits per heavy atom. The SMILES string of the molecule is CCS(=O)(=O)O.O=C(/C=C/c1ccn(S(=O)(=O)c2ccc(-c3ccccn3)s2)c1)NO. The minimum absolute atomic E-state index is 0.187. The quantitative estimate of drug-likeness (QED) is 0.208. The van der Waals surface area contributed by atoms with Crippen molar-refractivity contribution in [3.63, 3.8) is 0 Å². The number of hydrogen-bond donors (Lipinski definition) is 3.